The Morgan fingerprint density at radius 2 is 1.53 bits per heavy atom. The summed E-state index contributed by atoms with van der Waals surface area (Å²) in [7, 11) is 5.97. The lowest BCUT2D eigenvalue weighted by molar-refractivity contribution is -0.137. The molecule has 0 fully saturated rings. The van der Waals surface area contributed by atoms with Gasteiger partial charge in [0.15, 0.2) is 0 Å². The van der Waals surface area contributed by atoms with E-state index in [9.17, 15) is 13.2 Å². The quantitative estimate of drug-likeness (QED) is 0.813. The fourth-order valence-corrected chi connectivity index (χ4v) is 1.76. The molecule has 0 bridgehead atoms. The Bertz CT molecular complexity index is 385. The lowest BCUT2D eigenvalue weighted by atomic mass is 10.0. The first-order valence-electron chi connectivity index (χ1n) is 6.24. The Kier molecular flexibility index (Phi) is 5.38. The molecule has 5 heteroatoms. The van der Waals surface area contributed by atoms with Gasteiger partial charge in [0.25, 0.3) is 0 Å². The summed E-state index contributed by atoms with van der Waals surface area (Å²) in [6.45, 7) is 3.79. The molecular weight excluding hydrogens is 253 g/mol. The normalized spacial score (nSPS) is 14.2. The summed E-state index contributed by atoms with van der Waals surface area (Å²) in [5.74, 6) is 0. The molecule has 2 nitrogen and oxygen atoms in total. The highest BCUT2D eigenvalue weighted by Crippen LogP contribution is 2.30. The molecule has 0 saturated carbocycles. The molecule has 108 valence electrons. The van der Waals surface area contributed by atoms with Crippen molar-refractivity contribution in [2.24, 2.45) is 0 Å². The average Bonchev–Trinajstić information content (AvgIpc) is 2.34. The fraction of sp³-hybridized carbons (Fsp3) is 0.571. The van der Waals surface area contributed by atoms with Gasteiger partial charge in [-0.3, -0.25) is 4.90 Å². The van der Waals surface area contributed by atoms with E-state index in [1.54, 1.807) is 12.1 Å². The van der Waals surface area contributed by atoms with Crippen LogP contribution in [-0.2, 0) is 6.18 Å². The second-order valence-corrected chi connectivity index (χ2v) is 5.08. The van der Waals surface area contributed by atoms with Crippen LogP contribution in [0.25, 0.3) is 0 Å². The zero-order valence-electron chi connectivity index (χ0n) is 11.8. The van der Waals surface area contributed by atoms with Crippen LogP contribution in [0.3, 0.4) is 0 Å². The molecule has 0 N–H and O–H groups in total. The standard InChI is InChI=1S/C14H21F3N2/c1-11(19(4)10-9-18(2)3)12-5-7-13(8-6-12)14(15,16)17/h5-8,11H,9-10H2,1-4H3. The van der Waals surface area contributed by atoms with Crippen LogP contribution in [0.5, 0.6) is 0 Å². The Morgan fingerprint density at radius 1 is 1.00 bits per heavy atom. The summed E-state index contributed by atoms with van der Waals surface area (Å²) in [5, 5.41) is 0. The lowest BCUT2D eigenvalue weighted by Gasteiger charge is -2.26. The van der Waals surface area contributed by atoms with Crippen LogP contribution in [0.2, 0.25) is 0 Å². The second-order valence-electron chi connectivity index (χ2n) is 5.08. The molecule has 0 aliphatic heterocycles. The highest BCUT2D eigenvalue weighted by molar-refractivity contribution is 5.26. The van der Waals surface area contributed by atoms with E-state index in [0.717, 1.165) is 30.8 Å². The van der Waals surface area contributed by atoms with Crippen molar-refractivity contribution in [2.75, 3.05) is 34.2 Å². The van der Waals surface area contributed by atoms with Crippen molar-refractivity contribution in [2.45, 2.75) is 19.1 Å². The zero-order valence-corrected chi connectivity index (χ0v) is 11.8. The Morgan fingerprint density at radius 3 is 1.95 bits per heavy atom. The van der Waals surface area contributed by atoms with E-state index in [0.29, 0.717) is 0 Å². The summed E-state index contributed by atoms with van der Waals surface area (Å²) in [6.07, 6.45) is -4.27. The topological polar surface area (TPSA) is 6.48 Å². The van der Waals surface area contributed by atoms with Gasteiger partial charge in [0.1, 0.15) is 0 Å². The van der Waals surface area contributed by atoms with Crippen LogP contribution in [0.15, 0.2) is 24.3 Å². The SMILES string of the molecule is CC(c1ccc(C(F)(F)F)cc1)N(C)CCN(C)C. The van der Waals surface area contributed by atoms with Crippen LogP contribution in [0.4, 0.5) is 13.2 Å². The molecule has 1 atom stereocenters. The molecule has 1 aromatic carbocycles. The highest BCUT2D eigenvalue weighted by Gasteiger charge is 2.30. The molecule has 0 amide bonds. The molecular formula is C14H21F3N2. The maximum absolute atomic E-state index is 12.5. The smallest absolute Gasteiger partial charge is 0.308 e. The fourth-order valence-electron chi connectivity index (χ4n) is 1.76. The first-order chi connectivity index (χ1) is 8.71. The first-order valence-corrected chi connectivity index (χ1v) is 6.24. The molecule has 0 aromatic heterocycles. The van der Waals surface area contributed by atoms with Gasteiger partial charge in [0, 0.05) is 19.1 Å². The van der Waals surface area contributed by atoms with E-state index in [1.807, 2.05) is 28.1 Å². The summed E-state index contributed by atoms with van der Waals surface area (Å²) in [6, 6.07) is 5.50. The minimum Gasteiger partial charge on any atom is -0.308 e. The van der Waals surface area contributed by atoms with Crippen LogP contribution in [-0.4, -0.2) is 44.0 Å². The van der Waals surface area contributed by atoms with Crippen molar-refractivity contribution in [3.05, 3.63) is 35.4 Å². The number of alkyl halides is 3. The molecule has 1 rings (SSSR count). The molecule has 0 saturated heterocycles. The van der Waals surface area contributed by atoms with Gasteiger partial charge in [-0.2, -0.15) is 13.2 Å². The zero-order chi connectivity index (χ0) is 14.6. The number of benzene rings is 1. The third kappa shape index (κ3) is 4.84. The number of nitrogens with zero attached hydrogens (tertiary/aromatic N) is 2. The van der Waals surface area contributed by atoms with Crippen molar-refractivity contribution in [1.29, 1.82) is 0 Å². The van der Waals surface area contributed by atoms with E-state index in [2.05, 4.69) is 9.80 Å². The highest BCUT2D eigenvalue weighted by atomic mass is 19.4. The van der Waals surface area contributed by atoms with Gasteiger partial charge in [-0.05, 0) is 45.8 Å². The maximum atomic E-state index is 12.5. The predicted molar refractivity (Wildman–Crippen MR) is 71.0 cm³/mol. The van der Waals surface area contributed by atoms with Gasteiger partial charge in [-0.15, -0.1) is 0 Å². The van der Waals surface area contributed by atoms with Crippen molar-refractivity contribution in [1.82, 2.24) is 9.80 Å². The monoisotopic (exact) mass is 274 g/mol. The van der Waals surface area contributed by atoms with E-state index in [4.69, 9.17) is 0 Å². The van der Waals surface area contributed by atoms with Crippen LogP contribution in [0, 0.1) is 0 Å². The van der Waals surface area contributed by atoms with Crippen molar-refractivity contribution < 1.29 is 13.2 Å². The Balaban J connectivity index is 2.69. The third-order valence-electron chi connectivity index (χ3n) is 3.28. The average molecular weight is 274 g/mol. The minimum atomic E-state index is -4.27. The van der Waals surface area contributed by atoms with E-state index in [-0.39, 0.29) is 6.04 Å². The van der Waals surface area contributed by atoms with Crippen LogP contribution in [0.1, 0.15) is 24.1 Å². The van der Waals surface area contributed by atoms with Gasteiger partial charge < -0.3 is 4.90 Å². The van der Waals surface area contributed by atoms with Gasteiger partial charge >= 0.3 is 6.18 Å². The van der Waals surface area contributed by atoms with Crippen molar-refractivity contribution in [3.8, 4) is 0 Å². The third-order valence-corrected chi connectivity index (χ3v) is 3.28. The first kappa shape index (κ1) is 16.0. The van der Waals surface area contributed by atoms with E-state index in [1.165, 1.54) is 0 Å². The predicted octanol–water partition coefficient (Wildman–Crippen LogP) is 3.26. The Labute approximate surface area is 112 Å². The number of halogens is 3. The van der Waals surface area contributed by atoms with Crippen molar-refractivity contribution in [3.63, 3.8) is 0 Å². The van der Waals surface area contributed by atoms with Crippen LogP contribution < -0.4 is 0 Å². The van der Waals surface area contributed by atoms with Gasteiger partial charge in [0.05, 0.1) is 5.56 Å². The number of hydrogen-bond acceptors (Lipinski definition) is 2. The van der Waals surface area contributed by atoms with E-state index < -0.39 is 11.7 Å². The molecule has 0 heterocycles. The number of hydrogen-bond donors (Lipinski definition) is 0. The molecule has 0 aliphatic rings. The molecule has 1 aromatic rings. The van der Waals surface area contributed by atoms with Gasteiger partial charge in [-0.1, -0.05) is 12.1 Å². The van der Waals surface area contributed by atoms with E-state index >= 15 is 0 Å². The number of rotatable bonds is 5. The second kappa shape index (κ2) is 6.39. The summed E-state index contributed by atoms with van der Waals surface area (Å²) in [5.41, 5.74) is 0.300. The van der Waals surface area contributed by atoms with Gasteiger partial charge in [-0.25, -0.2) is 0 Å². The van der Waals surface area contributed by atoms with Crippen LogP contribution >= 0.6 is 0 Å². The van der Waals surface area contributed by atoms with Crippen molar-refractivity contribution >= 4 is 0 Å². The number of likely N-dealkylation sites (N-methyl/N-ethyl adjacent to an activating group) is 2. The molecule has 0 spiro atoms. The Hall–Kier alpha value is -1.07. The van der Waals surface area contributed by atoms with Gasteiger partial charge in [0.2, 0.25) is 0 Å². The molecule has 0 radical (unpaired) electrons. The minimum absolute atomic E-state index is 0.0993. The summed E-state index contributed by atoms with van der Waals surface area (Å²) >= 11 is 0. The largest absolute Gasteiger partial charge is 0.416 e. The lowest BCUT2D eigenvalue weighted by Crippen LogP contribution is -2.30. The summed E-state index contributed by atoms with van der Waals surface area (Å²) in [4.78, 5) is 4.21. The summed E-state index contributed by atoms with van der Waals surface area (Å²) < 4.78 is 37.4. The maximum Gasteiger partial charge on any atom is 0.416 e. The molecule has 1 unspecified atom stereocenters. The molecule has 19 heavy (non-hydrogen) atoms. The molecule has 0 aliphatic carbocycles.